The first kappa shape index (κ1) is 13.3. The maximum Gasteiger partial charge on any atom is 0.233 e. The Morgan fingerprint density at radius 1 is 1.44 bits per heavy atom. The van der Waals surface area contributed by atoms with Gasteiger partial charge in [0.2, 0.25) is 5.91 Å². The molecule has 1 amide bonds. The first-order chi connectivity index (χ1) is 8.70. The summed E-state index contributed by atoms with van der Waals surface area (Å²) in [7, 11) is 0. The lowest BCUT2D eigenvalue weighted by Crippen LogP contribution is -2.30. The molecular weight excluding hydrogens is 268 g/mol. The SMILES string of the molecule is N#Cc1ccc(SC2CCCCNC2=O)c(Cl)c1. The van der Waals surface area contributed by atoms with E-state index in [-0.39, 0.29) is 11.2 Å². The molecule has 1 aromatic carbocycles. The number of carbonyl (C=O) groups excluding carboxylic acids is 1. The van der Waals surface area contributed by atoms with E-state index in [0.29, 0.717) is 10.6 Å². The van der Waals surface area contributed by atoms with Crippen molar-refractivity contribution < 1.29 is 4.79 Å². The minimum Gasteiger partial charge on any atom is -0.355 e. The average molecular weight is 281 g/mol. The number of amides is 1. The molecule has 1 aromatic rings. The highest BCUT2D eigenvalue weighted by atomic mass is 35.5. The topological polar surface area (TPSA) is 52.9 Å². The van der Waals surface area contributed by atoms with Crippen LogP contribution in [-0.2, 0) is 4.79 Å². The van der Waals surface area contributed by atoms with Crippen molar-refractivity contribution in [1.29, 1.82) is 5.26 Å². The number of thioether (sulfide) groups is 1. The van der Waals surface area contributed by atoms with E-state index in [9.17, 15) is 4.79 Å². The van der Waals surface area contributed by atoms with E-state index in [1.807, 2.05) is 12.1 Å². The molecule has 1 atom stereocenters. The van der Waals surface area contributed by atoms with Crippen LogP contribution >= 0.6 is 23.4 Å². The summed E-state index contributed by atoms with van der Waals surface area (Å²) in [5.74, 6) is 0.0814. The first-order valence-corrected chi connectivity index (χ1v) is 7.10. The second kappa shape index (κ2) is 6.12. The normalized spacial score (nSPS) is 19.8. The van der Waals surface area contributed by atoms with Gasteiger partial charge in [-0.3, -0.25) is 4.79 Å². The number of nitriles is 1. The number of benzene rings is 1. The Kier molecular flexibility index (Phi) is 4.51. The summed E-state index contributed by atoms with van der Waals surface area (Å²) < 4.78 is 0. The van der Waals surface area contributed by atoms with Crippen LogP contribution in [0.25, 0.3) is 0 Å². The summed E-state index contributed by atoms with van der Waals surface area (Å²) in [6.07, 6.45) is 2.95. The van der Waals surface area contributed by atoms with Crippen LogP contribution in [0.2, 0.25) is 5.02 Å². The van der Waals surface area contributed by atoms with Crippen LogP contribution in [0.3, 0.4) is 0 Å². The van der Waals surface area contributed by atoms with Gasteiger partial charge in [0.05, 0.1) is 21.9 Å². The smallest absolute Gasteiger partial charge is 0.233 e. The van der Waals surface area contributed by atoms with Crippen molar-refractivity contribution >= 4 is 29.3 Å². The Balaban J connectivity index is 2.13. The highest BCUT2D eigenvalue weighted by Crippen LogP contribution is 2.33. The van der Waals surface area contributed by atoms with Gasteiger partial charge in [-0.1, -0.05) is 18.0 Å². The first-order valence-electron chi connectivity index (χ1n) is 5.85. The number of halogens is 1. The third kappa shape index (κ3) is 3.18. The average Bonchev–Trinajstić information content (AvgIpc) is 2.57. The van der Waals surface area contributed by atoms with Gasteiger partial charge in [0, 0.05) is 11.4 Å². The summed E-state index contributed by atoms with van der Waals surface area (Å²) in [4.78, 5) is 12.7. The molecule has 1 aliphatic rings. The number of hydrogen-bond donors (Lipinski definition) is 1. The maximum absolute atomic E-state index is 11.8. The zero-order valence-corrected chi connectivity index (χ0v) is 11.4. The van der Waals surface area contributed by atoms with Gasteiger partial charge in [-0.25, -0.2) is 0 Å². The molecule has 0 aromatic heterocycles. The molecule has 0 aliphatic carbocycles. The molecule has 94 valence electrons. The summed E-state index contributed by atoms with van der Waals surface area (Å²) >= 11 is 7.59. The second-order valence-electron chi connectivity index (χ2n) is 4.15. The Labute approximate surface area is 116 Å². The van der Waals surface area contributed by atoms with Gasteiger partial charge in [-0.2, -0.15) is 5.26 Å². The zero-order chi connectivity index (χ0) is 13.0. The molecule has 5 heteroatoms. The number of nitrogens with one attached hydrogen (secondary N) is 1. The quantitative estimate of drug-likeness (QED) is 0.906. The van der Waals surface area contributed by atoms with Gasteiger partial charge in [0.1, 0.15) is 0 Å². The van der Waals surface area contributed by atoms with Crippen LogP contribution in [0.5, 0.6) is 0 Å². The predicted octanol–water partition coefficient (Wildman–Crippen LogP) is 2.97. The van der Waals surface area contributed by atoms with Crippen molar-refractivity contribution in [1.82, 2.24) is 5.32 Å². The van der Waals surface area contributed by atoms with Crippen molar-refractivity contribution in [2.45, 2.75) is 29.4 Å². The fourth-order valence-electron chi connectivity index (χ4n) is 1.84. The van der Waals surface area contributed by atoms with E-state index >= 15 is 0 Å². The van der Waals surface area contributed by atoms with Crippen LogP contribution in [0.15, 0.2) is 23.1 Å². The van der Waals surface area contributed by atoms with Crippen molar-refractivity contribution in [3.63, 3.8) is 0 Å². The minimum atomic E-state index is -0.0852. The van der Waals surface area contributed by atoms with Gasteiger partial charge in [-0.15, -0.1) is 11.8 Å². The summed E-state index contributed by atoms with van der Waals surface area (Å²) in [6, 6.07) is 7.22. The summed E-state index contributed by atoms with van der Waals surface area (Å²) in [5, 5.41) is 12.1. The number of rotatable bonds is 2. The molecule has 1 fully saturated rings. The van der Waals surface area contributed by atoms with Crippen molar-refractivity contribution in [2.75, 3.05) is 6.54 Å². The van der Waals surface area contributed by atoms with Crippen molar-refractivity contribution in [3.8, 4) is 6.07 Å². The standard InChI is InChI=1S/C13H13ClN2OS/c14-10-7-9(8-15)4-5-11(10)18-12-3-1-2-6-16-13(12)17/h4-5,7,12H,1-3,6H2,(H,16,17). The third-order valence-electron chi connectivity index (χ3n) is 2.81. The van der Waals surface area contributed by atoms with Crippen LogP contribution in [0, 0.1) is 11.3 Å². The van der Waals surface area contributed by atoms with Crippen LogP contribution in [0.4, 0.5) is 0 Å². The van der Waals surface area contributed by atoms with E-state index in [2.05, 4.69) is 5.32 Å². The zero-order valence-electron chi connectivity index (χ0n) is 9.78. The Hall–Kier alpha value is -1.18. The lowest BCUT2D eigenvalue weighted by molar-refractivity contribution is -0.120. The number of nitrogens with zero attached hydrogens (tertiary/aromatic N) is 1. The van der Waals surface area contributed by atoms with Gasteiger partial charge < -0.3 is 5.32 Å². The van der Waals surface area contributed by atoms with Crippen LogP contribution in [0.1, 0.15) is 24.8 Å². The molecule has 1 heterocycles. The molecule has 0 radical (unpaired) electrons. The van der Waals surface area contributed by atoms with Crippen LogP contribution < -0.4 is 5.32 Å². The van der Waals surface area contributed by atoms with E-state index in [1.54, 1.807) is 12.1 Å². The van der Waals surface area contributed by atoms with E-state index in [1.165, 1.54) is 11.8 Å². The lowest BCUT2D eigenvalue weighted by atomic mass is 10.2. The lowest BCUT2D eigenvalue weighted by Gasteiger charge is -2.13. The molecule has 3 nitrogen and oxygen atoms in total. The molecule has 1 aliphatic heterocycles. The number of hydrogen-bond acceptors (Lipinski definition) is 3. The number of carbonyl (C=O) groups is 1. The molecular formula is C13H13ClN2OS. The maximum atomic E-state index is 11.8. The van der Waals surface area contributed by atoms with E-state index in [0.717, 1.165) is 30.7 Å². The highest BCUT2D eigenvalue weighted by Gasteiger charge is 2.22. The van der Waals surface area contributed by atoms with Crippen molar-refractivity contribution in [3.05, 3.63) is 28.8 Å². The summed E-state index contributed by atoms with van der Waals surface area (Å²) in [5.41, 5.74) is 0.537. The fourth-order valence-corrected chi connectivity index (χ4v) is 3.26. The third-order valence-corrected chi connectivity index (χ3v) is 4.58. The monoisotopic (exact) mass is 280 g/mol. The Morgan fingerprint density at radius 2 is 2.28 bits per heavy atom. The summed E-state index contributed by atoms with van der Waals surface area (Å²) in [6.45, 7) is 0.761. The van der Waals surface area contributed by atoms with Crippen molar-refractivity contribution in [2.24, 2.45) is 0 Å². The Morgan fingerprint density at radius 3 is 3.00 bits per heavy atom. The van der Waals surface area contributed by atoms with Gasteiger partial charge in [0.15, 0.2) is 0 Å². The van der Waals surface area contributed by atoms with E-state index < -0.39 is 0 Å². The molecule has 0 spiro atoms. The van der Waals surface area contributed by atoms with Gasteiger partial charge in [-0.05, 0) is 31.0 Å². The molecule has 1 N–H and O–H groups in total. The Bertz CT molecular complexity index is 498. The highest BCUT2D eigenvalue weighted by molar-refractivity contribution is 8.00. The molecule has 18 heavy (non-hydrogen) atoms. The fraction of sp³-hybridized carbons (Fsp3) is 0.385. The molecule has 1 unspecified atom stereocenters. The second-order valence-corrected chi connectivity index (χ2v) is 5.80. The molecule has 2 rings (SSSR count). The van der Waals surface area contributed by atoms with Crippen LogP contribution in [-0.4, -0.2) is 17.7 Å². The molecule has 1 saturated heterocycles. The van der Waals surface area contributed by atoms with E-state index in [4.69, 9.17) is 16.9 Å². The molecule has 0 bridgehead atoms. The minimum absolute atomic E-state index is 0.0814. The predicted molar refractivity (Wildman–Crippen MR) is 72.7 cm³/mol. The largest absolute Gasteiger partial charge is 0.355 e. The molecule has 0 saturated carbocycles. The van der Waals surface area contributed by atoms with Gasteiger partial charge >= 0.3 is 0 Å². The van der Waals surface area contributed by atoms with Gasteiger partial charge in [0.25, 0.3) is 0 Å².